The predicted molar refractivity (Wildman–Crippen MR) is 116 cm³/mol. The van der Waals surface area contributed by atoms with Gasteiger partial charge in [-0.2, -0.15) is 0 Å². The number of alkyl halides is 3. The van der Waals surface area contributed by atoms with E-state index in [2.05, 4.69) is 16.4 Å². The van der Waals surface area contributed by atoms with Crippen molar-refractivity contribution >= 4 is 15.9 Å². The van der Waals surface area contributed by atoms with Crippen LogP contribution in [-0.4, -0.2) is 44.7 Å². The number of para-hydroxylation sites is 1. The second kappa shape index (κ2) is 8.64. The van der Waals surface area contributed by atoms with Gasteiger partial charge in [-0.1, -0.05) is 31.2 Å². The molecule has 0 radical (unpaired) electrons. The zero-order valence-electron chi connectivity index (χ0n) is 18.2. The average molecular weight is 483 g/mol. The molecule has 2 atom stereocenters. The van der Waals surface area contributed by atoms with E-state index in [1.807, 2.05) is 0 Å². The molecule has 2 aromatic rings. The first-order valence-corrected chi connectivity index (χ1v) is 12.2. The fourth-order valence-electron chi connectivity index (χ4n) is 5.04. The molecule has 10 heteroatoms. The van der Waals surface area contributed by atoms with Gasteiger partial charge in [0, 0.05) is 23.2 Å². The Morgan fingerprint density at radius 3 is 2.30 bits per heavy atom. The van der Waals surface area contributed by atoms with E-state index in [0.717, 1.165) is 25.7 Å². The maximum atomic E-state index is 13.8. The molecule has 1 N–H and O–H groups in total. The Morgan fingerprint density at radius 2 is 1.70 bits per heavy atom. The van der Waals surface area contributed by atoms with Gasteiger partial charge in [0.15, 0.2) is 0 Å². The van der Waals surface area contributed by atoms with Crippen LogP contribution in [-0.2, 0) is 10.0 Å². The number of amides is 1. The van der Waals surface area contributed by atoms with E-state index in [0.29, 0.717) is 5.92 Å². The summed E-state index contributed by atoms with van der Waals surface area (Å²) in [7, 11) is -2.62. The van der Waals surface area contributed by atoms with Crippen LogP contribution in [0.5, 0.6) is 5.75 Å². The molecular formula is C23H25F3N2O4S. The molecule has 1 amide bonds. The Bertz CT molecular complexity index is 1150. The highest BCUT2D eigenvalue weighted by Crippen LogP contribution is 2.42. The number of halogens is 3. The van der Waals surface area contributed by atoms with Gasteiger partial charge in [0.2, 0.25) is 10.0 Å². The van der Waals surface area contributed by atoms with Gasteiger partial charge in [-0.15, -0.1) is 13.2 Å². The van der Waals surface area contributed by atoms with Crippen LogP contribution in [0.25, 0.3) is 11.1 Å². The van der Waals surface area contributed by atoms with Gasteiger partial charge in [-0.25, -0.2) is 13.1 Å². The number of hydrogen-bond acceptors (Lipinski definition) is 4. The quantitative estimate of drug-likeness (QED) is 0.678. The molecule has 2 aliphatic heterocycles. The highest BCUT2D eigenvalue weighted by molar-refractivity contribution is 7.89. The SMILES string of the molecule is CNS(=O)(=O)c1ccc(-c2ccccc2OC(F)(F)F)c(C(=O)N2C3CCC2CC(C)C3)c1. The maximum absolute atomic E-state index is 13.8. The number of carbonyl (C=O) groups excluding carboxylic acids is 1. The number of benzene rings is 2. The number of rotatable bonds is 5. The number of fused-ring (bicyclic) bond motifs is 2. The number of hydrogen-bond donors (Lipinski definition) is 1. The summed E-state index contributed by atoms with van der Waals surface area (Å²) >= 11 is 0. The minimum atomic E-state index is -4.92. The fraction of sp³-hybridized carbons (Fsp3) is 0.435. The number of piperidine rings is 1. The van der Waals surface area contributed by atoms with E-state index in [1.54, 1.807) is 4.90 Å². The molecule has 2 bridgehead atoms. The van der Waals surface area contributed by atoms with E-state index in [-0.39, 0.29) is 39.6 Å². The van der Waals surface area contributed by atoms with Crippen molar-refractivity contribution in [2.45, 2.75) is 55.9 Å². The molecule has 6 nitrogen and oxygen atoms in total. The van der Waals surface area contributed by atoms with Crippen molar-refractivity contribution in [3.63, 3.8) is 0 Å². The zero-order valence-corrected chi connectivity index (χ0v) is 19.0. The van der Waals surface area contributed by atoms with Gasteiger partial charge >= 0.3 is 6.36 Å². The van der Waals surface area contributed by atoms with Gasteiger partial charge in [0.05, 0.1) is 4.90 Å². The van der Waals surface area contributed by atoms with Crippen molar-refractivity contribution in [3.8, 4) is 16.9 Å². The lowest BCUT2D eigenvalue weighted by atomic mass is 9.90. The topological polar surface area (TPSA) is 75.7 Å². The monoisotopic (exact) mass is 482 g/mol. The van der Waals surface area contributed by atoms with Crippen LogP contribution < -0.4 is 9.46 Å². The van der Waals surface area contributed by atoms with Crippen LogP contribution in [0.1, 0.15) is 43.0 Å². The van der Waals surface area contributed by atoms with Crippen LogP contribution in [0, 0.1) is 5.92 Å². The van der Waals surface area contributed by atoms with Crippen molar-refractivity contribution in [1.82, 2.24) is 9.62 Å². The van der Waals surface area contributed by atoms with Gasteiger partial charge in [-0.3, -0.25) is 4.79 Å². The van der Waals surface area contributed by atoms with Crippen LogP contribution in [0.3, 0.4) is 0 Å². The zero-order chi connectivity index (χ0) is 24.0. The lowest BCUT2D eigenvalue weighted by Crippen LogP contribution is -2.46. The van der Waals surface area contributed by atoms with E-state index in [4.69, 9.17) is 0 Å². The van der Waals surface area contributed by atoms with Crippen LogP contribution in [0.4, 0.5) is 13.2 Å². The molecule has 2 aliphatic rings. The highest BCUT2D eigenvalue weighted by atomic mass is 32.2. The van der Waals surface area contributed by atoms with Gasteiger partial charge in [0.1, 0.15) is 5.75 Å². The Kier molecular flexibility index (Phi) is 6.17. The lowest BCUT2D eigenvalue weighted by molar-refractivity contribution is -0.274. The summed E-state index contributed by atoms with van der Waals surface area (Å²) in [6, 6.07) is 9.48. The Balaban J connectivity index is 1.85. The molecule has 2 saturated heterocycles. The highest BCUT2D eigenvalue weighted by Gasteiger charge is 2.43. The van der Waals surface area contributed by atoms with E-state index in [9.17, 15) is 26.4 Å². The standard InChI is InChI=1S/C23H25F3N2O4S/c1-14-11-15-7-8-16(12-14)28(15)22(29)20-13-17(33(30,31)27-2)9-10-18(20)19-5-3-4-6-21(19)32-23(24,25)26/h3-6,9-10,13-16,27H,7-8,11-12H2,1-2H3. The van der Waals surface area contributed by atoms with Crippen molar-refractivity contribution < 1.29 is 31.1 Å². The molecule has 2 fully saturated rings. The fourth-order valence-corrected chi connectivity index (χ4v) is 5.80. The first kappa shape index (κ1) is 23.6. The van der Waals surface area contributed by atoms with Crippen molar-refractivity contribution in [2.75, 3.05) is 7.05 Å². The molecule has 4 rings (SSSR count). The minimum Gasteiger partial charge on any atom is -0.405 e. The molecule has 2 aromatic carbocycles. The summed E-state index contributed by atoms with van der Waals surface area (Å²) < 4.78 is 70.3. The summed E-state index contributed by atoms with van der Waals surface area (Å²) in [6.07, 6.45) is -1.51. The Hall–Kier alpha value is -2.59. The molecule has 0 spiro atoms. The molecule has 0 aromatic heterocycles. The number of ether oxygens (including phenoxy) is 1. The number of sulfonamides is 1. The first-order valence-electron chi connectivity index (χ1n) is 10.8. The molecule has 178 valence electrons. The molecule has 0 aliphatic carbocycles. The van der Waals surface area contributed by atoms with Gasteiger partial charge in [-0.05, 0) is 62.4 Å². The first-order chi connectivity index (χ1) is 15.5. The van der Waals surface area contributed by atoms with Crippen molar-refractivity contribution in [1.29, 1.82) is 0 Å². The third kappa shape index (κ3) is 4.72. The largest absolute Gasteiger partial charge is 0.573 e. The lowest BCUT2D eigenvalue weighted by Gasteiger charge is -2.38. The third-order valence-electron chi connectivity index (χ3n) is 6.41. The number of nitrogens with one attached hydrogen (secondary N) is 1. The molecular weight excluding hydrogens is 457 g/mol. The van der Waals surface area contributed by atoms with E-state index >= 15 is 0 Å². The normalized spacial score (nSPS) is 22.9. The second-order valence-electron chi connectivity index (χ2n) is 8.63. The smallest absolute Gasteiger partial charge is 0.405 e. The van der Waals surface area contributed by atoms with Crippen LogP contribution in [0.2, 0.25) is 0 Å². The summed E-state index contributed by atoms with van der Waals surface area (Å²) in [5.74, 6) is -0.360. The van der Waals surface area contributed by atoms with E-state index < -0.39 is 22.1 Å². The van der Waals surface area contributed by atoms with Crippen LogP contribution in [0.15, 0.2) is 47.4 Å². The Morgan fingerprint density at radius 1 is 1.06 bits per heavy atom. The number of nitrogens with zero attached hydrogens (tertiary/aromatic N) is 1. The summed E-state index contributed by atoms with van der Waals surface area (Å²) in [5.41, 5.74) is 0.285. The maximum Gasteiger partial charge on any atom is 0.573 e. The predicted octanol–water partition coefficient (Wildman–Crippen LogP) is 4.56. The average Bonchev–Trinajstić information content (AvgIpc) is 3.03. The van der Waals surface area contributed by atoms with E-state index in [1.165, 1.54) is 49.5 Å². The van der Waals surface area contributed by atoms with Gasteiger partial charge in [0.25, 0.3) is 5.91 Å². The molecule has 33 heavy (non-hydrogen) atoms. The summed E-state index contributed by atoms with van der Waals surface area (Å²) in [5, 5.41) is 0. The molecule has 2 unspecified atom stereocenters. The van der Waals surface area contributed by atoms with Crippen LogP contribution >= 0.6 is 0 Å². The van der Waals surface area contributed by atoms with Gasteiger partial charge < -0.3 is 9.64 Å². The van der Waals surface area contributed by atoms with Crippen molar-refractivity contribution in [3.05, 3.63) is 48.0 Å². The second-order valence-corrected chi connectivity index (χ2v) is 10.5. The minimum absolute atomic E-state index is 0.0327. The molecule has 0 saturated carbocycles. The van der Waals surface area contributed by atoms with Crippen molar-refractivity contribution in [2.24, 2.45) is 5.92 Å². The number of carbonyl (C=O) groups is 1. The third-order valence-corrected chi connectivity index (χ3v) is 7.82. The Labute approximate surface area is 190 Å². The molecule has 2 heterocycles. The summed E-state index contributed by atoms with van der Waals surface area (Å²) in [4.78, 5) is 15.4. The summed E-state index contributed by atoms with van der Waals surface area (Å²) in [6.45, 7) is 2.14.